The lowest BCUT2D eigenvalue weighted by molar-refractivity contribution is -0.138. The molecule has 1 heterocycles. The van der Waals surface area contributed by atoms with Crippen molar-refractivity contribution in [3.05, 3.63) is 112 Å². The number of carboxylic acid groups (broad SMARTS) is 1. The van der Waals surface area contributed by atoms with Gasteiger partial charge >= 0.3 is 12.1 Å². The summed E-state index contributed by atoms with van der Waals surface area (Å²) in [7, 11) is 1.60. The Bertz CT molecular complexity index is 1670. The molecule has 0 radical (unpaired) electrons. The summed E-state index contributed by atoms with van der Waals surface area (Å²) in [6.45, 7) is 2.31. The van der Waals surface area contributed by atoms with Crippen LogP contribution >= 0.6 is 0 Å². The summed E-state index contributed by atoms with van der Waals surface area (Å²) >= 11 is 0. The maximum absolute atomic E-state index is 15.1. The van der Waals surface area contributed by atoms with Crippen molar-refractivity contribution in [1.82, 2.24) is 10.2 Å². The van der Waals surface area contributed by atoms with Gasteiger partial charge in [0.25, 0.3) is 5.91 Å². The van der Waals surface area contributed by atoms with Gasteiger partial charge in [-0.25, -0.2) is 4.39 Å². The first-order valence-corrected chi connectivity index (χ1v) is 14.2. The second-order valence-corrected chi connectivity index (χ2v) is 11.0. The van der Waals surface area contributed by atoms with Gasteiger partial charge in [0, 0.05) is 36.7 Å². The number of amides is 1. The van der Waals surface area contributed by atoms with Crippen molar-refractivity contribution in [3.63, 3.8) is 0 Å². The predicted octanol–water partition coefficient (Wildman–Crippen LogP) is 7.50. The van der Waals surface area contributed by atoms with Crippen LogP contribution in [0.4, 0.5) is 17.6 Å². The molecule has 3 atom stereocenters. The highest BCUT2D eigenvalue weighted by molar-refractivity contribution is 5.94. The van der Waals surface area contributed by atoms with Gasteiger partial charge in [-0.2, -0.15) is 13.2 Å². The van der Waals surface area contributed by atoms with Gasteiger partial charge in [-0.3, -0.25) is 14.5 Å². The molecular formula is C34H32F4N2O4. The minimum absolute atomic E-state index is 0.00774. The molecule has 0 saturated carbocycles. The number of methoxy groups -OCH3 is 1. The Morgan fingerprint density at radius 3 is 2.39 bits per heavy atom. The molecule has 10 heteroatoms. The maximum atomic E-state index is 15.1. The molecule has 0 aliphatic carbocycles. The number of nitrogens with zero attached hydrogens (tertiary/aromatic N) is 1. The first kappa shape index (κ1) is 31.0. The fraction of sp³-hybridized carbons (Fsp3) is 0.294. The molecule has 230 valence electrons. The number of alkyl halides is 3. The largest absolute Gasteiger partial charge is 0.497 e. The number of carbonyl (C=O) groups is 2. The van der Waals surface area contributed by atoms with Crippen molar-refractivity contribution in [2.75, 3.05) is 20.2 Å². The average Bonchev–Trinajstić information content (AvgIpc) is 3.45. The van der Waals surface area contributed by atoms with Gasteiger partial charge in [0.2, 0.25) is 0 Å². The first-order chi connectivity index (χ1) is 20.9. The SMILES string of the molecule is COc1ccc2cc([C@H]3C[C@@H](c4cc(C(F)(F)F)ccc4F)CN3C(C)c3ccc(C(=O)NCCC(=O)O)cc3)ccc2c1. The Morgan fingerprint density at radius 1 is 1.00 bits per heavy atom. The third-order valence-electron chi connectivity index (χ3n) is 8.34. The van der Waals surface area contributed by atoms with Crippen LogP contribution in [0.25, 0.3) is 10.8 Å². The van der Waals surface area contributed by atoms with Gasteiger partial charge in [0.1, 0.15) is 11.6 Å². The molecule has 1 aliphatic heterocycles. The highest BCUT2D eigenvalue weighted by atomic mass is 19.4. The summed E-state index contributed by atoms with van der Waals surface area (Å²) < 4.78 is 61.1. The van der Waals surface area contributed by atoms with Gasteiger partial charge in [0.05, 0.1) is 19.1 Å². The maximum Gasteiger partial charge on any atom is 0.416 e. The molecule has 2 N–H and O–H groups in total. The van der Waals surface area contributed by atoms with Crippen molar-refractivity contribution in [2.24, 2.45) is 0 Å². The van der Waals surface area contributed by atoms with Crippen LogP contribution in [0.2, 0.25) is 0 Å². The number of nitrogens with one attached hydrogen (secondary N) is 1. The number of ether oxygens (including phenoxy) is 1. The third-order valence-corrected chi connectivity index (χ3v) is 8.34. The van der Waals surface area contributed by atoms with Gasteiger partial charge in [-0.05, 0) is 89.3 Å². The Balaban J connectivity index is 1.46. The molecule has 5 rings (SSSR count). The highest BCUT2D eigenvalue weighted by Crippen LogP contribution is 2.46. The van der Waals surface area contributed by atoms with Crippen LogP contribution in [0.15, 0.2) is 78.9 Å². The molecule has 1 amide bonds. The van der Waals surface area contributed by atoms with E-state index in [2.05, 4.69) is 16.3 Å². The Labute approximate surface area is 252 Å². The van der Waals surface area contributed by atoms with E-state index in [9.17, 15) is 22.8 Å². The number of hydrogen-bond donors (Lipinski definition) is 2. The van der Waals surface area contributed by atoms with Gasteiger partial charge in [-0.1, -0.05) is 30.3 Å². The number of rotatable bonds is 9. The van der Waals surface area contributed by atoms with Crippen LogP contribution in [-0.4, -0.2) is 42.1 Å². The Hall–Kier alpha value is -4.44. The normalized spacial score (nSPS) is 17.9. The molecule has 1 aliphatic rings. The Kier molecular flexibility index (Phi) is 8.92. The Morgan fingerprint density at radius 2 is 1.70 bits per heavy atom. The molecule has 4 aromatic rings. The van der Waals surface area contributed by atoms with E-state index in [0.717, 1.165) is 45.8 Å². The standard InChI is InChI=1S/C34H32F4N2O4/c1-20(21-3-5-22(6-4-21)33(43)39-14-13-32(41)42)40-19-26(29-18-27(34(36,37)38)10-12-30(29)35)17-31(40)25-8-7-24-16-28(44-2)11-9-23(24)15-25/h3-12,15-16,18,20,26,31H,13-14,17,19H2,1-2H3,(H,39,43)(H,41,42)/t20?,26-,31-/m1/s1. The summed E-state index contributed by atoms with van der Waals surface area (Å²) in [5.41, 5.74) is 1.36. The number of benzene rings is 4. The summed E-state index contributed by atoms with van der Waals surface area (Å²) in [5.74, 6) is -1.84. The van der Waals surface area contributed by atoms with Crippen LogP contribution in [0.1, 0.15) is 70.4 Å². The van der Waals surface area contributed by atoms with Crippen LogP contribution < -0.4 is 10.1 Å². The molecule has 0 spiro atoms. The molecule has 1 saturated heterocycles. The number of likely N-dealkylation sites (tertiary alicyclic amines) is 1. The van der Waals surface area contributed by atoms with Gasteiger partial charge < -0.3 is 15.2 Å². The number of carbonyl (C=O) groups excluding carboxylic acids is 1. The number of fused-ring (bicyclic) bond motifs is 1. The van der Waals surface area contributed by atoms with Crippen LogP contribution in [0, 0.1) is 5.82 Å². The van der Waals surface area contributed by atoms with Crippen LogP contribution in [-0.2, 0) is 11.0 Å². The minimum atomic E-state index is -4.59. The molecular weight excluding hydrogens is 576 g/mol. The molecule has 6 nitrogen and oxygen atoms in total. The molecule has 0 bridgehead atoms. The van der Waals surface area contributed by atoms with E-state index >= 15 is 4.39 Å². The smallest absolute Gasteiger partial charge is 0.416 e. The van der Waals surface area contributed by atoms with Crippen molar-refractivity contribution in [1.29, 1.82) is 0 Å². The third kappa shape index (κ3) is 6.70. The van der Waals surface area contributed by atoms with E-state index in [1.165, 1.54) is 0 Å². The van der Waals surface area contributed by atoms with E-state index in [4.69, 9.17) is 9.84 Å². The van der Waals surface area contributed by atoms with Gasteiger partial charge in [0.15, 0.2) is 0 Å². The highest BCUT2D eigenvalue weighted by Gasteiger charge is 2.39. The zero-order valence-corrected chi connectivity index (χ0v) is 24.2. The second-order valence-electron chi connectivity index (χ2n) is 11.0. The lowest BCUT2D eigenvalue weighted by Crippen LogP contribution is -2.28. The molecule has 0 aromatic heterocycles. The fourth-order valence-electron chi connectivity index (χ4n) is 5.94. The van der Waals surface area contributed by atoms with Crippen molar-refractivity contribution in [2.45, 2.75) is 43.9 Å². The summed E-state index contributed by atoms with van der Waals surface area (Å²) in [6, 6.07) is 20.8. The zero-order valence-electron chi connectivity index (χ0n) is 24.2. The number of aliphatic carboxylic acids is 1. The van der Waals surface area contributed by atoms with Gasteiger partial charge in [-0.15, -0.1) is 0 Å². The fourth-order valence-corrected chi connectivity index (χ4v) is 5.94. The lowest BCUT2D eigenvalue weighted by atomic mass is 9.91. The zero-order chi connectivity index (χ0) is 31.6. The van der Waals surface area contributed by atoms with Crippen molar-refractivity contribution in [3.8, 4) is 5.75 Å². The number of carboxylic acids is 1. The van der Waals surface area contributed by atoms with Crippen LogP contribution in [0.5, 0.6) is 5.75 Å². The summed E-state index contributed by atoms with van der Waals surface area (Å²) in [6.07, 6.45) is -4.37. The summed E-state index contributed by atoms with van der Waals surface area (Å²) in [5, 5.41) is 13.3. The monoisotopic (exact) mass is 608 g/mol. The summed E-state index contributed by atoms with van der Waals surface area (Å²) in [4.78, 5) is 25.3. The van der Waals surface area contributed by atoms with Crippen molar-refractivity contribution >= 4 is 22.6 Å². The van der Waals surface area contributed by atoms with E-state index in [1.54, 1.807) is 31.4 Å². The molecule has 4 aromatic carbocycles. The lowest BCUT2D eigenvalue weighted by Gasteiger charge is -2.31. The topological polar surface area (TPSA) is 78.9 Å². The minimum Gasteiger partial charge on any atom is -0.497 e. The molecule has 1 fully saturated rings. The molecule has 44 heavy (non-hydrogen) atoms. The number of halogens is 4. The first-order valence-electron chi connectivity index (χ1n) is 14.2. The van der Waals surface area contributed by atoms with E-state index in [-0.39, 0.29) is 30.6 Å². The quantitative estimate of drug-likeness (QED) is 0.193. The van der Waals surface area contributed by atoms with E-state index in [0.29, 0.717) is 18.5 Å². The van der Waals surface area contributed by atoms with E-state index < -0.39 is 35.4 Å². The number of hydrogen-bond acceptors (Lipinski definition) is 4. The predicted molar refractivity (Wildman–Crippen MR) is 158 cm³/mol. The van der Waals surface area contributed by atoms with Crippen molar-refractivity contribution < 1.29 is 37.0 Å². The van der Waals surface area contributed by atoms with E-state index in [1.807, 2.05) is 37.3 Å². The second kappa shape index (κ2) is 12.7. The molecule has 1 unspecified atom stereocenters. The van der Waals surface area contributed by atoms with Crippen LogP contribution in [0.3, 0.4) is 0 Å². The average molecular weight is 609 g/mol.